The number of halogens is 1. The normalized spacial score (nSPS) is 15.2. The largest absolute Gasteiger partial charge is 0.497 e. The van der Waals surface area contributed by atoms with Crippen molar-refractivity contribution in [2.24, 2.45) is 5.10 Å². The van der Waals surface area contributed by atoms with Crippen LogP contribution in [0.2, 0.25) is 0 Å². The summed E-state index contributed by atoms with van der Waals surface area (Å²) in [5.41, 5.74) is 2.74. The number of carbonyl (C=O) groups excluding carboxylic acids is 2. The van der Waals surface area contributed by atoms with Crippen molar-refractivity contribution in [1.82, 2.24) is 5.01 Å². The molecule has 3 aromatic carbocycles. The summed E-state index contributed by atoms with van der Waals surface area (Å²) in [4.78, 5) is 25.2. The van der Waals surface area contributed by atoms with E-state index in [1.165, 1.54) is 17.1 Å². The lowest BCUT2D eigenvalue weighted by atomic mass is 9.98. The highest BCUT2D eigenvalue weighted by molar-refractivity contribution is 6.03. The molecule has 0 fully saturated rings. The van der Waals surface area contributed by atoms with E-state index in [9.17, 15) is 14.0 Å². The van der Waals surface area contributed by atoms with Crippen molar-refractivity contribution in [2.75, 3.05) is 13.7 Å². The number of hydrazone groups is 1. The van der Waals surface area contributed by atoms with Crippen LogP contribution in [0.1, 0.15) is 33.9 Å². The molecule has 0 aliphatic carbocycles. The van der Waals surface area contributed by atoms with Gasteiger partial charge in [-0.1, -0.05) is 42.5 Å². The molecule has 0 radical (unpaired) electrons. The SMILES string of the molecule is COc1ccc([C@H]2CC(c3ccccc3)=NN2C(=O)COC(=O)c2ccc(F)cc2)cc1. The summed E-state index contributed by atoms with van der Waals surface area (Å²) in [6, 6.07) is 21.6. The fraction of sp³-hybridized carbons (Fsp3) is 0.160. The Kier molecular flexibility index (Phi) is 6.26. The minimum atomic E-state index is -0.703. The molecule has 1 aliphatic heterocycles. The van der Waals surface area contributed by atoms with Gasteiger partial charge < -0.3 is 9.47 Å². The van der Waals surface area contributed by atoms with Gasteiger partial charge >= 0.3 is 5.97 Å². The lowest BCUT2D eigenvalue weighted by molar-refractivity contribution is -0.136. The molecule has 162 valence electrons. The average molecular weight is 432 g/mol. The van der Waals surface area contributed by atoms with Crippen LogP contribution in [0.4, 0.5) is 4.39 Å². The fourth-order valence-corrected chi connectivity index (χ4v) is 3.49. The molecular formula is C25H21FN2O4. The summed E-state index contributed by atoms with van der Waals surface area (Å²) in [5, 5.41) is 5.91. The number of amides is 1. The minimum absolute atomic E-state index is 0.167. The summed E-state index contributed by atoms with van der Waals surface area (Å²) in [5.74, 6) is -0.903. The van der Waals surface area contributed by atoms with Gasteiger partial charge in [0.1, 0.15) is 11.6 Å². The van der Waals surface area contributed by atoms with Crippen LogP contribution in [0.15, 0.2) is 84.0 Å². The number of rotatable bonds is 6. The van der Waals surface area contributed by atoms with E-state index in [2.05, 4.69) is 5.10 Å². The predicted octanol–water partition coefficient (Wildman–Crippen LogP) is 4.37. The van der Waals surface area contributed by atoms with E-state index in [0.29, 0.717) is 12.2 Å². The third-order valence-electron chi connectivity index (χ3n) is 5.18. The molecule has 0 aromatic heterocycles. The summed E-state index contributed by atoms with van der Waals surface area (Å²) < 4.78 is 23.4. The van der Waals surface area contributed by atoms with Crippen LogP contribution in [0.25, 0.3) is 0 Å². The van der Waals surface area contributed by atoms with Crippen molar-refractivity contribution < 1.29 is 23.5 Å². The smallest absolute Gasteiger partial charge is 0.338 e. The van der Waals surface area contributed by atoms with Gasteiger partial charge in [0.2, 0.25) is 0 Å². The standard InChI is InChI=1S/C25H21FN2O4/c1-31-21-13-9-18(10-14-21)23-15-22(17-5-3-2-4-6-17)27-28(23)24(29)16-32-25(30)19-7-11-20(26)12-8-19/h2-14,23H,15-16H2,1H3/t23-/m1/s1. The van der Waals surface area contributed by atoms with E-state index < -0.39 is 24.3 Å². The Bertz CT molecular complexity index is 1130. The molecule has 1 amide bonds. The second-order valence-electron chi connectivity index (χ2n) is 7.23. The maximum absolute atomic E-state index is 13.1. The lowest BCUT2D eigenvalue weighted by Gasteiger charge is -2.22. The molecule has 7 heteroatoms. The summed E-state index contributed by atoms with van der Waals surface area (Å²) in [6.45, 7) is -0.478. The third-order valence-corrected chi connectivity index (χ3v) is 5.18. The first-order chi connectivity index (χ1) is 15.5. The lowest BCUT2D eigenvalue weighted by Crippen LogP contribution is -2.31. The van der Waals surface area contributed by atoms with Crippen molar-refractivity contribution in [3.05, 3.63) is 101 Å². The zero-order valence-electron chi connectivity index (χ0n) is 17.4. The fourth-order valence-electron chi connectivity index (χ4n) is 3.49. The van der Waals surface area contributed by atoms with Gasteiger partial charge in [-0.3, -0.25) is 4.79 Å². The molecule has 0 bridgehead atoms. The molecular weight excluding hydrogens is 411 g/mol. The van der Waals surface area contributed by atoms with E-state index in [-0.39, 0.29) is 11.6 Å². The van der Waals surface area contributed by atoms with Crippen LogP contribution in [-0.4, -0.2) is 36.3 Å². The predicted molar refractivity (Wildman–Crippen MR) is 117 cm³/mol. The molecule has 4 rings (SSSR count). The highest BCUT2D eigenvalue weighted by atomic mass is 19.1. The quantitative estimate of drug-likeness (QED) is 0.543. The maximum Gasteiger partial charge on any atom is 0.338 e. The number of methoxy groups -OCH3 is 1. The van der Waals surface area contributed by atoms with E-state index in [0.717, 1.165) is 29.0 Å². The first-order valence-corrected chi connectivity index (χ1v) is 10.1. The molecule has 0 N–H and O–H groups in total. The summed E-state index contributed by atoms with van der Waals surface area (Å²) in [7, 11) is 1.59. The molecule has 1 aliphatic rings. The van der Waals surface area contributed by atoms with Crippen LogP contribution in [0, 0.1) is 5.82 Å². The summed E-state index contributed by atoms with van der Waals surface area (Å²) in [6.07, 6.45) is 0.522. The molecule has 1 atom stereocenters. The van der Waals surface area contributed by atoms with Crippen molar-refractivity contribution in [1.29, 1.82) is 0 Å². The minimum Gasteiger partial charge on any atom is -0.497 e. The Hall–Kier alpha value is -4.00. The van der Waals surface area contributed by atoms with Gasteiger partial charge in [0.05, 0.1) is 24.4 Å². The van der Waals surface area contributed by atoms with Crippen LogP contribution in [0.5, 0.6) is 5.75 Å². The van der Waals surface area contributed by atoms with Gasteiger partial charge in [-0.05, 0) is 47.5 Å². The van der Waals surface area contributed by atoms with Crippen LogP contribution < -0.4 is 4.74 Å². The number of benzene rings is 3. The van der Waals surface area contributed by atoms with E-state index in [1.807, 2.05) is 54.6 Å². The molecule has 6 nitrogen and oxygen atoms in total. The van der Waals surface area contributed by atoms with Gasteiger partial charge in [0.15, 0.2) is 6.61 Å². The Morgan fingerprint density at radius 1 is 1.00 bits per heavy atom. The second kappa shape index (κ2) is 9.43. The van der Waals surface area contributed by atoms with E-state index >= 15 is 0 Å². The molecule has 32 heavy (non-hydrogen) atoms. The van der Waals surface area contributed by atoms with Gasteiger partial charge in [-0.2, -0.15) is 5.10 Å². The zero-order valence-corrected chi connectivity index (χ0v) is 17.4. The number of esters is 1. The third kappa shape index (κ3) is 4.67. The van der Waals surface area contributed by atoms with Gasteiger partial charge in [0.25, 0.3) is 5.91 Å². The first-order valence-electron chi connectivity index (χ1n) is 10.1. The molecule has 1 heterocycles. The number of hydrogen-bond donors (Lipinski definition) is 0. The summed E-state index contributed by atoms with van der Waals surface area (Å²) >= 11 is 0. The number of carbonyl (C=O) groups is 2. The average Bonchev–Trinajstić information content (AvgIpc) is 3.29. The van der Waals surface area contributed by atoms with Crippen molar-refractivity contribution in [2.45, 2.75) is 12.5 Å². The molecule has 0 saturated heterocycles. The zero-order chi connectivity index (χ0) is 22.5. The molecule has 0 saturated carbocycles. The Morgan fingerprint density at radius 3 is 2.34 bits per heavy atom. The highest BCUT2D eigenvalue weighted by Crippen LogP contribution is 2.33. The molecule has 0 unspecified atom stereocenters. The van der Waals surface area contributed by atoms with Gasteiger partial charge in [-0.15, -0.1) is 0 Å². The Balaban J connectivity index is 1.53. The van der Waals surface area contributed by atoms with Gasteiger partial charge in [-0.25, -0.2) is 14.2 Å². The molecule has 0 spiro atoms. The highest BCUT2D eigenvalue weighted by Gasteiger charge is 2.33. The first kappa shape index (κ1) is 21.2. The van der Waals surface area contributed by atoms with Crippen LogP contribution in [0.3, 0.4) is 0 Å². The van der Waals surface area contributed by atoms with Crippen molar-refractivity contribution in [3.8, 4) is 5.75 Å². The Labute approximate surface area is 184 Å². The van der Waals surface area contributed by atoms with Crippen molar-refractivity contribution in [3.63, 3.8) is 0 Å². The number of nitrogens with zero attached hydrogens (tertiary/aromatic N) is 2. The Morgan fingerprint density at radius 2 is 1.69 bits per heavy atom. The topological polar surface area (TPSA) is 68.2 Å². The molecule has 3 aromatic rings. The van der Waals surface area contributed by atoms with Crippen LogP contribution in [-0.2, 0) is 9.53 Å². The maximum atomic E-state index is 13.1. The second-order valence-corrected chi connectivity index (χ2v) is 7.23. The number of hydrogen-bond acceptors (Lipinski definition) is 5. The monoisotopic (exact) mass is 432 g/mol. The van der Waals surface area contributed by atoms with E-state index in [4.69, 9.17) is 9.47 Å². The number of ether oxygens (including phenoxy) is 2. The van der Waals surface area contributed by atoms with Crippen molar-refractivity contribution >= 4 is 17.6 Å². The van der Waals surface area contributed by atoms with Crippen LogP contribution >= 0.6 is 0 Å². The van der Waals surface area contributed by atoms with E-state index in [1.54, 1.807) is 7.11 Å². The van der Waals surface area contributed by atoms with Gasteiger partial charge in [0, 0.05) is 6.42 Å².